The van der Waals surface area contributed by atoms with Crippen LogP contribution < -0.4 is 10.6 Å². The average molecular weight is 497 g/mol. The van der Waals surface area contributed by atoms with Crippen LogP contribution >= 0.6 is 36.2 Å². The van der Waals surface area contributed by atoms with Gasteiger partial charge in [0, 0.05) is 11.9 Å². The number of pyridine rings is 1. The van der Waals surface area contributed by atoms with E-state index in [2.05, 4.69) is 21.7 Å². The molecule has 3 aromatic rings. The molecule has 0 aliphatic carbocycles. The molecule has 4 heterocycles. The van der Waals surface area contributed by atoms with E-state index in [9.17, 15) is 4.39 Å². The second kappa shape index (κ2) is 10.9. The summed E-state index contributed by atoms with van der Waals surface area (Å²) in [4.78, 5) is 10.2. The molecule has 0 amide bonds. The number of piperidine rings is 1. The number of hydrogen-bond donors (Lipinski definition) is 2. The number of nitrogens with zero attached hydrogens (tertiary/aromatic N) is 2. The summed E-state index contributed by atoms with van der Waals surface area (Å²) in [5.41, 5.74) is 2.12. The second-order valence-corrected chi connectivity index (χ2v) is 9.22. The van der Waals surface area contributed by atoms with Gasteiger partial charge < -0.3 is 15.4 Å². The van der Waals surface area contributed by atoms with Crippen molar-refractivity contribution in [3.8, 4) is 10.4 Å². The van der Waals surface area contributed by atoms with Crippen molar-refractivity contribution in [1.29, 1.82) is 0 Å². The quantitative estimate of drug-likeness (QED) is 0.479. The van der Waals surface area contributed by atoms with Gasteiger partial charge in [-0.25, -0.2) is 14.4 Å². The van der Waals surface area contributed by atoms with E-state index in [1.807, 2.05) is 12.1 Å². The Hall–Kier alpha value is -1.77. The molecule has 5 rings (SSSR count). The summed E-state index contributed by atoms with van der Waals surface area (Å²) in [6.07, 6.45) is 6.08. The number of aromatic nitrogens is 2. The Morgan fingerprint density at radius 3 is 2.69 bits per heavy atom. The van der Waals surface area contributed by atoms with Crippen molar-refractivity contribution in [3.63, 3.8) is 0 Å². The van der Waals surface area contributed by atoms with Gasteiger partial charge in [0.25, 0.3) is 0 Å². The molecule has 0 saturated carbocycles. The van der Waals surface area contributed by atoms with Crippen LogP contribution in [-0.2, 0) is 11.2 Å². The normalized spacial score (nSPS) is 19.2. The molecule has 0 bridgehead atoms. The van der Waals surface area contributed by atoms with Gasteiger partial charge in [-0.05, 0) is 74.5 Å². The molecule has 2 aliphatic rings. The van der Waals surface area contributed by atoms with Crippen LogP contribution in [0.3, 0.4) is 0 Å². The number of hydrogen-bond acceptors (Lipinski definition) is 6. The number of halogens is 3. The van der Waals surface area contributed by atoms with Gasteiger partial charge in [-0.3, -0.25) is 0 Å². The van der Waals surface area contributed by atoms with Crippen molar-refractivity contribution >= 4 is 47.1 Å². The van der Waals surface area contributed by atoms with Gasteiger partial charge in [-0.15, -0.1) is 24.8 Å². The maximum absolute atomic E-state index is 13.1. The topological polar surface area (TPSA) is 59.1 Å². The van der Waals surface area contributed by atoms with Gasteiger partial charge in [0.05, 0.1) is 17.1 Å². The molecule has 32 heavy (non-hydrogen) atoms. The molecule has 2 fully saturated rings. The predicted molar refractivity (Wildman–Crippen MR) is 132 cm³/mol. The Balaban J connectivity index is 0.00000144. The molecule has 1 spiro atoms. The van der Waals surface area contributed by atoms with E-state index in [-0.39, 0.29) is 36.2 Å². The summed E-state index contributed by atoms with van der Waals surface area (Å²) in [6.45, 7) is 2.93. The highest BCUT2D eigenvalue weighted by atomic mass is 35.5. The van der Waals surface area contributed by atoms with Gasteiger partial charge in [0.15, 0.2) is 5.13 Å². The van der Waals surface area contributed by atoms with Crippen molar-refractivity contribution in [3.05, 3.63) is 60.2 Å². The molecule has 2 aromatic heterocycles. The monoisotopic (exact) mass is 496 g/mol. The number of ether oxygens (including phenoxy) is 1. The molecule has 0 radical (unpaired) electrons. The van der Waals surface area contributed by atoms with E-state index >= 15 is 0 Å². The maximum atomic E-state index is 13.1. The number of thiazole rings is 1. The van der Waals surface area contributed by atoms with Crippen LogP contribution in [0, 0.1) is 11.7 Å². The molecular formula is C23H27Cl2FN4OS. The van der Waals surface area contributed by atoms with Crippen LogP contribution in [0.4, 0.5) is 15.3 Å². The van der Waals surface area contributed by atoms with Crippen molar-refractivity contribution in [1.82, 2.24) is 15.3 Å². The van der Waals surface area contributed by atoms with Gasteiger partial charge in [0.2, 0.25) is 0 Å². The third kappa shape index (κ3) is 5.77. The number of nitrogens with one attached hydrogen (secondary N) is 2. The summed E-state index contributed by atoms with van der Waals surface area (Å²) in [6, 6.07) is 12.6. The van der Waals surface area contributed by atoms with Crippen molar-refractivity contribution in [2.45, 2.75) is 31.3 Å². The largest absolute Gasteiger partial charge is 0.375 e. The van der Waals surface area contributed by atoms with E-state index in [0.717, 1.165) is 72.5 Å². The lowest BCUT2D eigenvalue weighted by molar-refractivity contribution is -0.0196. The molecule has 5 nitrogen and oxygen atoms in total. The fraction of sp³-hybridized carbons (Fsp3) is 0.391. The first-order chi connectivity index (χ1) is 14.7. The number of anilines is 2. The van der Waals surface area contributed by atoms with E-state index in [1.165, 1.54) is 23.5 Å². The Labute approximate surface area is 204 Å². The summed E-state index contributed by atoms with van der Waals surface area (Å²) in [7, 11) is 0. The SMILES string of the molecule is Cl.Cl.Fc1ccc(-c2cnc(Nc3cccc(CC4COC5(CCNCC5)C4)n3)s2)cc1. The highest BCUT2D eigenvalue weighted by Crippen LogP contribution is 2.38. The minimum atomic E-state index is -0.235. The van der Waals surface area contributed by atoms with Crippen LogP contribution in [-0.4, -0.2) is 35.3 Å². The van der Waals surface area contributed by atoms with Crippen molar-refractivity contribution in [2.75, 3.05) is 25.0 Å². The van der Waals surface area contributed by atoms with E-state index in [4.69, 9.17) is 9.72 Å². The summed E-state index contributed by atoms with van der Waals surface area (Å²) >= 11 is 1.53. The van der Waals surface area contributed by atoms with E-state index < -0.39 is 0 Å². The second-order valence-electron chi connectivity index (χ2n) is 8.19. The lowest BCUT2D eigenvalue weighted by Crippen LogP contribution is -2.41. The van der Waals surface area contributed by atoms with E-state index in [1.54, 1.807) is 18.3 Å². The van der Waals surface area contributed by atoms with Gasteiger partial charge in [-0.1, -0.05) is 29.5 Å². The first-order valence-electron chi connectivity index (χ1n) is 10.5. The molecular weight excluding hydrogens is 470 g/mol. The Bertz CT molecular complexity index is 1010. The fourth-order valence-corrected chi connectivity index (χ4v) is 5.28. The van der Waals surface area contributed by atoms with Crippen LogP contribution in [0.1, 0.15) is 25.0 Å². The molecule has 1 aromatic carbocycles. The van der Waals surface area contributed by atoms with Gasteiger partial charge in [0.1, 0.15) is 11.6 Å². The molecule has 2 N–H and O–H groups in total. The van der Waals surface area contributed by atoms with Crippen LogP contribution in [0.15, 0.2) is 48.7 Å². The highest BCUT2D eigenvalue weighted by Gasteiger charge is 2.41. The van der Waals surface area contributed by atoms with Crippen LogP contribution in [0.25, 0.3) is 10.4 Å². The van der Waals surface area contributed by atoms with E-state index in [0.29, 0.717) is 5.92 Å². The zero-order valence-corrected chi connectivity index (χ0v) is 20.0. The van der Waals surface area contributed by atoms with Crippen molar-refractivity contribution in [2.24, 2.45) is 5.92 Å². The lowest BCUT2D eigenvalue weighted by Gasteiger charge is -2.33. The minimum Gasteiger partial charge on any atom is -0.375 e. The summed E-state index contributed by atoms with van der Waals surface area (Å²) in [5.74, 6) is 1.08. The third-order valence-corrected chi connectivity index (χ3v) is 6.94. The van der Waals surface area contributed by atoms with Gasteiger partial charge in [-0.2, -0.15) is 0 Å². The third-order valence-electron chi connectivity index (χ3n) is 5.97. The first-order valence-corrected chi connectivity index (χ1v) is 11.3. The Morgan fingerprint density at radius 1 is 1.12 bits per heavy atom. The maximum Gasteiger partial charge on any atom is 0.188 e. The van der Waals surface area contributed by atoms with Crippen LogP contribution in [0.5, 0.6) is 0 Å². The summed E-state index contributed by atoms with van der Waals surface area (Å²) < 4.78 is 19.4. The van der Waals surface area contributed by atoms with Crippen molar-refractivity contribution < 1.29 is 9.13 Å². The zero-order chi connectivity index (χ0) is 20.4. The molecule has 1 atom stereocenters. The molecule has 1 unspecified atom stereocenters. The smallest absolute Gasteiger partial charge is 0.188 e. The molecule has 2 aliphatic heterocycles. The molecule has 9 heteroatoms. The lowest BCUT2D eigenvalue weighted by atomic mass is 9.85. The Kier molecular flexibility index (Phi) is 8.47. The Morgan fingerprint density at radius 2 is 1.91 bits per heavy atom. The fourth-order valence-electron chi connectivity index (χ4n) is 4.45. The summed E-state index contributed by atoms with van der Waals surface area (Å²) in [5, 5.41) is 7.51. The number of rotatable bonds is 5. The minimum absolute atomic E-state index is 0. The van der Waals surface area contributed by atoms with Crippen LogP contribution in [0.2, 0.25) is 0 Å². The number of benzene rings is 1. The van der Waals surface area contributed by atoms with Gasteiger partial charge >= 0.3 is 0 Å². The predicted octanol–water partition coefficient (Wildman–Crippen LogP) is 5.63. The molecule has 2 saturated heterocycles. The first kappa shape index (κ1) is 24.9. The highest BCUT2D eigenvalue weighted by molar-refractivity contribution is 7.18. The standard InChI is InChI=1S/C23H25FN4OS.2ClH/c24-18-6-4-17(5-7-18)20-14-26-22(30-20)28-21-3-1-2-19(27-21)12-16-13-23(29-15-16)8-10-25-11-9-23;;/h1-7,14,16,25H,8-13,15H2,(H,26,27,28);2*1H. The zero-order valence-electron chi connectivity index (χ0n) is 17.6. The average Bonchev–Trinajstić information content (AvgIpc) is 3.37. The molecule has 172 valence electrons.